The van der Waals surface area contributed by atoms with E-state index in [2.05, 4.69) is 15.3 Å². The predicted molar refractivity (Wildman–Crippen MR) is 71.9 cm³/mol. The first-order valence-electron chi connectivity index (χ1n) is 5.74. The van der Waals surface area contributed by atoms with Crippen LogP contribution in [0.3, 0.4) is 0 Å². The van der Waals surface area contributed by atoms with Gasteiger partial charge >= 0.3 is 0 Å². The summed E-state index contributed by atoms with van der Waals surface area (Å²) < 4.78 is 5.66. The minimum Gasteiger partial charge on any atom is -0.460 e. The second kappa shape index (κ2) is 5.41. The highest BCUT2D eigenvalue weighted by Gasteiger charge is 2.18. The maximum absolute atomic E-state index is 10.7. The maximum Gasteiger partial charge on any atom is 0.294 e. The van der Waals surface area contributed by atoms with Crippen LogP contribution in [0.15, 0.2) is 18.2 Å². The summed E-state index contributed by atoms with van der Waals surface area (Å²) in [6, 6.07) is 4.93. The van der Waals surface area contributed by atoms with Gasteiger partial charge in [0.2, 0.25) is 0 Å². The van der Waals surface area contributed by atoms with E-state index in [1.165, 1.54) is 12.1 Å². The number of H-pyrrole nitrogens is 1. The van der Waals surface area contributed by atoms with E-state index in [1.807, 2.05) is 0 Å². The number of rotatable bonds is 3. The molecule has 1 saturated heterocycles. The van der Waals surface area contributed by atoms with E-state index >= 15 is 0 Å². The van der Waals surface area contributed by atoms with Crippen LogP contribution in [0, 0.1) is 10.1 Å². The number of aromatic amines is 1. The Bertz CT molecular complexity index is 595. The molecular formula is C11H13ClN4O3. The fourth-order valence-electron chi connectivity index (χ4n) is 2.03. The number of halogens is 1. The Morgan fingerprint density at radius 1 is 1.47 bits per heavy atom. The Hall–Kier alpha value is -1.86. The zero-order valence-electron chi connectivity index (χ0n) is 9.96. The normalized spacial score (nSPS) is 18.2. The summed E-state index contributed by atoms with van der Waals surface area (Å²) in [5.74, 6) is 0. The molecule has 1 fully saturated rings. The van der Waals surface area contributed by atoms with Crippen molar-refractivity contribution in [1.82, 2.24) is 15.3 Å². The molecule has 0 saturated carbocycles. The van der Waals surface area contributed by atoms with Gasteiger partial charge in [-0.2, -0.15) is 4.98 Å². The zero-order chi connectivity index (χ0) is 12.5. The molecule has 0 spiro atoms. The van der Waals surface area contributed by atoms with E-state index in [0.717, 1.165) is 19.5 Å². The Balaban J connectivity index is 0.00000133. The highest BCUT2D eigenvalue weighted by atomic mass is 35.5. The Labute approximate surface area is 114 Å². The van der Waals surface area contributed by atoms with Gasteiger partial charge in [0.15, 0.2) is 0 Å². The van der Waals surface area contributed by atoms with Crippen LogP contribution in [0.2, 0.25) is 0 Å². The minimum absolute atomic E-state index is 0. The molecule has 1 aliphatic heterocycles. The lowest BCUT2D eigenvalue weighted by molar-refractivity contribution is -0.384. The lowest BCUT2D eigenvalue weighted by Crippen LogP contribution is -2.20. The van der Waals surface area contributed by atoms with Crippen molar-refractivity contribution in [3.05, 3.63) is 28.3 Å². The van der Waals surface area contributed by atoms with E-state index in [9.17, 15) is 10.1 Å². The van der Waals surface area contributed by atoms with Gasteiger partial charge in [0.05, 0.1) is 16.0 Å². The monoisotopic (exact) mass is 284 g/mol. The van der Waals surface area contributed by atoms with Gasteiger partial charge in [0.1, 0.15) is 6.10 Å². The van der Waals surface area contributed by atoms with Gasteiger partial charge in [-0.05, 0) is 19.0 Å². The number of nitrogens with one attached hydrogen (secondary N) is 2. The van der Waals surface area contributed by atoms with Crippen LogP contribution in [0.4, 0.5) is 5.69 Å². The van der Waals surface area contributed by atoms with E-state index in [1.54, 1.807) is 6.07 Å². The van der Waals surface area contributed by atoms with Crippen molar-refractivity contribution in [2.75, 3.05) is 13.1 Å². The molecule has 0 aliphatic carbocycles. The maximum atomic E-state index is 10.7. The summed E-state index contributed by atoms with van der Waals surface area (Å²) in [7, 11) is 0. The third-order valence-electron chi connectivity index (χ3n) is 2.95. The molecule has 3 rings (SSSR count). The SMILES string of the molecule is Cl.O=[N+]([O-])c1ccc2nc(O[C@H]3CCNC3)[nH]c2c1. The number of nitrogens with zero attached hydrogens (tertiary/aromatic N) is 2. The molecule has 0 unspecified atom stereocenters. The van der Waals surface area contributed by atoms with Crippen LogP contribution in [0.5, 0.6) is 6.01 Å². The van der Waals surface area contributed by atoms with E-state index in [-0.39, 0.29) is 24.2 Å². The summed E-state index contributed by atoms with van der Waals surface area (Å²) in [6.07, 6.45) is 1.05. The first kappa shape index (κ1) is 13.6. The van der Waals surface area contributed by atoms with E-state index in [4.69, 9.17) is 4.74 Å². The number of nitro groups is 1. The molecule has 8 heteroatoms. The molecule has 0 amide bonds. The van der Waals surface area contributed by atoms with Crippen molar-refractivity contribution in [2.24, 2.45) is 0 Å². The number of non-ortho nitro benzene ring substituents is 1. The Kier molecular flexibility index (Phi) is 3.87. The Morgan fingerprint density at radius 2 is 2.32 bits per heavy atom. The number of nitro benzene ring substituents is 1. The number of imidazole rings is 1. The molecule has 1 aromatic carbocycles. The molecule has 19 heavy (non-hydrogen) atoms. The molecule has 2 N–H and O–H groups in total. The van der Waals surface area contributed by atoms with Crippen LogP contribution in [-0.2, 0) is 0 Å². The van der Waals surface area contributed by atoms with Crippen LogP contribution < -0.4 is 10.1 Å². The number of benzene rings is 1. The second-order valence-corrected chi connectivity index (χ2v) is 4.23. The minimum atomic E-state index is -0.429. The third-order valence-corrected chi connectivity index (χ3v) is 2.95. The van der Waals surface area contributed by atoms with Crippen molar-refractivity contribution in [2.45, 2.75) is 12.5 Å². The van der Waals surface area contributed by atoms with Gasteiger partial charge in [-0.25, -0.2) is 0 Å². The van der Waals surface area contributed by atoms with Gasteiger partial charge in [-0.3, -0.25) is 10.1 Å². The van der Waals surface area contributed by atoms with Gasteiger partial charge < -0.3 is 15.0 Å². The summed E-state index contributed by atoms with van der Waals surface area (Å²) in [6.45, 7) is 1.74. The smallest absolute Gasteiger partial charge is 0.294 e. The van der Waals surface area contributed by atoms with Crippen LogP contribution >= 0.6 is 12.4 Å². The fraction of sp³-hybridized carbons (Fsp3) is 0.364. The fourth-order valence-corrected chi connectivity index (χ4v) is 2.03. The number of fused-ring (bicyclic) bond motifs is 1. The van der Waals surface area contributed by atoms with Crippen LogP contribution in [0.25, 0.3) is 11.0 Å². The molecule has 1 atom stereocenters. The predicted octanol–water partition coefficient (Wildman–Crippen LogP) is 1.63. The highest BCUT2D eigenvalue weighted by molar-refractivity contribution is 5.85. The Morgan fingerprint density at radius 3 is 3.00 bits per heavy atom. The van der Waals surface area contributed by atoms with E-state index in [0.29, 0.717) is 17.0 Å². The number of aromatic nitrogens is 2. The average molecular weight is 285 g/mol. The summed E-state index contributed by atoms with van der Waals surface area (Å²) in [5, 5.41) is 13.9. The first-order chi connectivity index (χ1) is 8.72. The standard InChI is InChI=1S/C11H12N4O3.ClH/c16-15(17)7-1-2-9-10(5-7)14-11(13-9)18-8-3-4-12-6-8;/h1-2,5,8,12H,3-4,6H2,(H,13,14);1H/t8-;/m0./s1. The quantitative estimate of drug-likeness (QED) is 0.660. The van der Waals surface area contributed by atoms with Crippen molar-refractivity contribution in [3.63, 3.8) is 0 Å². The summed E-state index contributed by atoms with van der Waals surface area (Å²) in [5.41, 5.74) is 1.33. The number of hydrogen-bond acceptors (Lipinski definition) is 5. The molecule has 2 aromatic rings. The van der Waals surface area contributed by atoms with Crippen LogP contribution in [0.1, 0.15) is 6.42 Å². The third kappa shape index (κ3) is 2.77. The molecular weight excluding hydrogens is 272 g/mol. The van der Waals surface area contributed by atoms with Crippen molar-refractivity contribution >= 4 is 29.1 Å². The first-order valence-corrected chi connectivity index (χ1v) is 5.74. The summed E-state index contributed by atoms with van der Waals surface area (Å²) >= 11 is 0. The van der Waals surface area contributed by atoms with Crippen molar-refractivity contribution in [1.29, 1.82) is 0 Å². The van der Waals surface area contributed by atoms with Gasteiger partial charge in [0, 0.05) is 18.7 Å². The summed E-state index contributed by atoms with van der Waals surface area (Å²) in [4.78, 5) is 17.4. The van der Waals surface area contributed by atoms with E-state index < -0.39 is 4.92 Å². The molecule has 0 radical (unpaired) electrons. The van der Waals surface area contributed by atoms with Crippen LogP contribution in [-0.4, -0.2) is 34.1 Å². The van der Waals surface area contributed by atoms with Gasteiger partial charge in [0.25, 0.3) is 11.7 Å². The molecule has 102 valence electrons. The lowest BCUT2D eigenvalue weighted by atomic mass is 10.3. The van der Waals surface area contributed by atoms with Crippen molar-refractivity contribution < 1.29 is 9.66 Å². The zero-order valence-corrected chi connectivity index (χ0v) is 10.8. The van der Waals surface area contributed by atoms with Gasteiger partial charge in [-0.15, -0.1) is 12.4 Å². The lowest BCUT2D eigenvalue weighted by Gasteiger charge is -2.07. The topological polar surface area (TPSA) is 93.1 Å². The largest absolute Gasteiger partial charge is 0.460 e. The molecule has 2 heterocycles. The average Bonchev–Trinajstić information content (AvgIpc) is 2.96. The molecule has 0 bridgehead atoms. The molecule has 1 aromatic heterocycles. The number of hydrogen-bond donors (Lipinski definition) is 2. The highest BCUT2D eigenvalue weighted by Crippen LogP contribution is 2.22. The van der Waals surface area contributed by atoms with Crippen molar-refractivity contribution in [3.8, 4) is 6.01 Å². The van der Waals surface area contributed by atoms with Gasteiger partial charge in [-0.1, -0.05) is 0 Å². The molecule has 1 aliphatic rings. The second-order valence-electron chi connectivity index (χ2n) is 4.23. The molecule has 7 nitrogen and oxygen atoms in total. The number of ether oxygens (including phenoxy) is 1.